The first-order valence-corrected chi connectivity index (χ1v) is 6.08. The van der Waals surface area contributed by atoms with Gasteiger partial charge >= 0.3 is 0 Å². The number of aliphatic hydroxyl groups is 1. The van der Waals surface area contributed by atoms with Crippen LogP contribution in [0.1, 0.15) is 31.6 Å². The molecule has 0 bridgehead atoms. The number of hydrogen-bond acceptors (Lipinski definition) is 3. The van der Waals surface area contributed by atoms with E-state index < -0.39 is 0 Å². The summed E-state index contributed by atoms with van der Waals surface area (Å²) in [6.07, 6.45) is 2.56. The number of hydrogen-bond donors (Lipinski definition) is 2. The van der Waals surface area contributed by atoms with Gasteiger partial charge in [-0.05, 0) is 43.9 Å². The first-order chi connectivity index (χ1) is 8.20. The van der Waals surface area contributed by atoms with Crippen LogP contribution in [0.2, 0.25) is 0 Å². The number of nitrogen functional groups attached to an aromatic ring is 1. The molecule has 90 valence electrons. The average molecular weight is 231 g/mol. The lowest BCUT2D eigenvalue weighted by atomic mass is 10.2. The summed E-state index contributed by atoms with van der Waals surface area (Å²) in [6, 6.07) is 6.16. The Balaban J connectivity index is 2.18. The minimum Gasteiger partial charge on any atom is -0.399 e. The highest BCUT2D eigenvalue weighted by Gasteiger charge is 2.31. The van der Waals surface area contributed by atoms with Gasteiger partial charge in [-0.1, -0.05) is 0 Å². The van der Waals surface area contributed by atoms with Gasteiger partial charge in [0.1, 0.15) is 12.4 Å². The number of benzene rings is 1. The number of rotatable bonds is 3. The maximum Gasteiger partial charge on any atom is 0.135 e. The fourth-order valence-corrected chi connectivity index (χ4v) is 2.52. The van der Waals surface area contributed by atoms with E-state index in [1.807, 2.05) is 18.2 Å². The van der Waals surface area contributed by atoms with Crippen molar-refractivity contribution in [1.82, 2.24) is 9.55 Å². The topological polar surface area (TPSA) is 64.1 Å². The zero-order valence-electron chi connectivity index (χ0n) is 9.93. The molecule has 0 saturated heterocycles. The van der Waals surface area contributed by atoms with Gasteiger partial charge in [0.15, 0.2) is 0 Å². The number of anilines is 1. The Bertz CT molecular complexity index is 557. The molecule has 1 unspecified atom stereocenters. The molecule has 1 aliphatic rings. The summed E-state index contributed by atoms with van der Waals surface area (Å²) in [6.45, 7) is 2.18. The second kappa shape index (κ2) is 3.74. The summed E-state index contributed by atoms with van der Waals surface area (Å²) in [4.78, 5) is 4.46. The van der Waals surface area contributed by atoms with Crippen molar-refractivity contribution in [1.29, 1.82) is 0 Å². The standard InChI is InChI=1S/C13H17N3O/c1-8(9-2-3-9)16-12-5-4-10(14)6-11(12)15-13(16)7-17/h4-6,8-9,17H,2-3,7,14H2,1H3. The van der Waals surface area contributed by atoms with Crippen molar-refractivity contribution in [2.45, 2.75) is 32.4 Å². The first kappa shape index (κ1) is 10.6. The molecule has 1 atom stereocenters. The van der Waals surface area contributed by atoms with Gasteiger partial charge in [0.2, 0.25) is 0 Å². The second-order valence-electron chi connectivity index (χ2n) is 4.88. The minimum atomic E-state index is -0.0222. The molecule has 0 spiro atoms. The molecule has 3 N–H and O–H groups in total. The van der Waals surface area contributed by atoms with Gasteiger partial charge in [-0.25, -0.2) is 4.98 Å². The van der Waals surface area contributed by atoms with E-state index in [1.54, 1.807) is 0 Å². The summed E-state index contributed by atoms with van der Waals surface area (Å²) in [5.74, 6) is 1.47. The molecule has 0 radical (unpaired) electrons. The molecular formula is C13H17N3O. The summed E-state index contributed by atoms with van der Waals surface area (Å²) >= 11 is 0. The van der Waals surface area contributed by atoms with E-state index >= 15 is 0 Å². The SMILES string of the molecule is CC(C1CC1)n1c(CO)nc2cc(N)ccc21. The molecule has 2 aromatic rings. The van der Waals surface area contributed by atoms with Crippen LogP contribution in [-0.4, -0.2) is 14.7 Å². The molecule has 1 heterocycles. The Morgan fingerprint density at radius 2 is 2.29 bits per heavy atom. The van der Waals surface area contributed by atoms with Crippen LogP contribution in [0.25, 0.3) is 11.0 Å². The van der Waals surface area contributed by atoms with Crippen LogP contribution in [0.4, 0.5) is 5.69 Å². The Hall–Kier alpha value is -1.55. The van der Waals surface area contributed by atoms with Crippen molar-refractivity contribution in [2.24, 2.45) is 5.92 Å². The summed E-state index contributed by atoms with van der Waals surface area (Å²) < 4.78 is 2.16. The fraction of sp³-hybridized carbons (Fsp3) is 0.462. The predicted octanol–water partition coefficient (Wildman–Crippen LogP) is 2.08. The number of nitrogens with two attached hydrogens (primary N) is 1. The summed E-state index contributed by atoms with van der Waals surface area (Å²) in [5, 5.41) is 9.43. The smallest absolute Gasteiger partial charge is 0.135 e. The monoisotopic (exact) mass is 231 g/mol. The maximum atomic E-state index is 9.43. The largest absolute Gasteiger partial charge is 0.399 e. The van der Waals surface area contributed by atoms with Crippen LogP contribution in [0.3, 0.4) is 0 Å². The van der Waals surface area contributed by atoms with Gasteiger partial charge in [-0.3, -0.25) is 0 Å². The highest BCUT2D eigenvalue weighted by Crippen LogP contribution is 2.41. The van der Waals surface area contributed by atoms with E-state index in [-0.39, 0.29) is 6.61 Å². The van der Waals surface area contributed by atoms with Crippen molar-refractivity contribution in [3.63, 3.8) is 0 Å². The molecule has 17 heavy (non-hydrogen) atoms. The van der Waals surface area contributed by atoms with Gasteiger partial charge in [0.05, 0.1) is 11.0 Å². The quantitative estimate of drug-likeness (QED) is 0.795. The zero-order valence-corrected chi connectivity index (χ0v) is 9.93. The lowest BCUT2D eigenvalue weighted by Gasteiger charge is -2.16. The van der Waals surface area contributed by atoms with E-state index in [0.717, 1.165) is 22.8 Å². The second-order valence-corrected chi connectivity index (χ2v) is 4.88. The molecule has 1 fully saturated rings. The van der Waals surface area contributed by atoms with Crippen molar-refractivity contribution >= 4 is 16.7 Å². The lowest BCUT2D eigenvalue weighted by molar-refractivity contribution is 0.260. The highest BCUT2D eigenvalue weighted by atomic mass is 16.3. The van der Waals surface area contributed by atoms with Gasteiger partial charge in [0, 0.05) is 11.7 Å². The van der Waals surface area contributed by atoms with E-state index in [0.29, 0.717) is 11.7 Å². The Morgan fingerprint density at radius 1 is 1.53 bits per heavy atom. The molecule has 1 aromatic heterocycles. The van der Waals surface area contributed by atoms with E-state index in [1.165, 1.54) is 12.8 Å². The maximum absolute atomic E-state index is 9.43. The number of fused-ring (bicyclic) bond motifs is 1. The summed E-state index contributed by atoms with van der Waals surface area (Å²) in [5.41, 5.74) is 8.42. The third-order valence-corrected chi connectivity index (χ3v) is 3.64. The number of nitrogens with zero attached hydrogens (tertiary/aromatic N) is 2. The zero-order chi connectivity index (χ0) is 12.0. The van der Waals surface area contributed by atoms with Crippen LogP contribution in [0.5, 0.6) is 0 Å². The van der Waals surface area contributed by atoms with E-state index in [9.17, 15) is 5.11 Å². The van der Waals surface area contributed by atoms with E-state index in [2.05, 4.69) is 16.5 Å². The number of imidazole rings is 1. The Morgan fingerprint density at radius 3 is 2.94 bits per heavy atom. The van der Waals surface area contributed by atoms with Crippen molar-refractivity contribution in [3.05, 3.63) is 24.0 Å². The third kappa shape index (κ3) is 1.69. The number of aliphatic hydroxyl groups excluding tert-OH is 1. The Labute approximate surface area is 100 Å². The number of aromatic nitrogens is 2. The normalized spacial score (nSPS) is 17.5. The molecular weight excluding hydrogens is 214 g/mol. The van der Waals surface area contributed by atoms with Crippen LogP contribution in [0.15, 0.2) is 18.2 Å². The molecule has 4 nitrogen and oxygen atoms in total. The van der Waals surface area contributed by atoms with Crippen LogP contribution in [0, 0.1) is 5.92 Å². The molecule has 1 saturated carbocycles. The van der Waals surface area contributed by atoms with Crippen molar-refractivity contribution in [2.75, 3.05) is 5.73 Å². The van der Waals surface area contributed by atoms with Gasteiger partial charge in [0.25, 0.3) is 0 Å². The molecule has 3 rings (SSSR count). The fourth-order valence-electron chi connectivity index (χ4n) is 2.52. The molecule has 1 aromatic carbocycles. The van der Waals surface area contributed by atoms with Crippen LogP contribution >= 0.6 is 0 Å². The molecule has 4 heteroatoms. The van der Waals surface area contributed by atoms with Crippen molar-refractivity contribution in [3.8, 4) is 0 Å². The van der Waals surface area contributed by atoms with Crippen LogP contribution < -0.4 is 5.73 Å². The van der Waals surface area contributed by atoms with Gasteiger partial charge in [-0.2, -0.15) is 0 Å². The highest BCUT2D eigenvalue weighted by molar-refractivity contribution is 5.79. The molecule has 0 aliphatic heterocycles. The van der Waals surface area contributed by atoms with Crippen molar-refractivity contribution < 1.29 is 5.11 Å². The van der Waals surface area contributed by atoms with E-state index in [4.69, 9.17) is 5.73 Å². The predicted molar refractivity (Wildman–Crippen MR) is 67.5 cm³/mol. The molecule has 0 amide bonds. The first-order valence-electron chi connectivity index (χ1n) is 6.08. The molecule has 1 aliphatic carbocycles. The van der Waals surface area contributed by atoms with Crippen LogP contribution in [-0.2, 0) is 6.61 Å². The lowest BCUT2D eigenvalue weighted by Crippen LogP contribution is -2.11. The van der Waals surface area contributed by atoms with Gasteiger partial charge in [-0.15, -0.1) is 0 Å². The third-order valence-electron chi connectivity index (χ3n) is 3.64. The Kier molecular flexibility index (Phi) is 2.33. The average Bonchev–Trinajstić information content (AvgIpc) is 3.09. The van der Waals surface area contributed by atoms with Gasteiger partial charge < -0.3 is 15.4 Å². The summed E-state index contributed by atoms with van der Waals surface area (Å²) in [7, 11) is 0. The minimum absolute atomic E-state index is 0.0222.